The van der Waals surface area contributed by atoms with Gasteiger partial charge in [0.15, 0.2) is 0 Å². The van der Waals surface area contributed by atoms with E-state index in [1.807, 2.05) is 48.9 Å². The molecule has 3 nitrogen and oxygen atoms in total. The van der Waals surface area contributed by atoms with Gasteiger partial charge in [-0.2, -0.15) is 11.3 Å². The van der Waals surface area contributed by atoms with Crippen molar-refractivity contribution in [3.05, 3.63) is 52.3 Å². The van der Waals surface area contributed by atoms with E-state index >= 15 is 0 Å². The maximum absolute atomic E-state index is 11.1. The monoisotopic (exact) mass is 288 g/mol. The lowest BCUT2D eigenvalue weighted by atomic mass is 9.94. The van der Waals surface area contributed by atoms with Crippen molar-refractivity contribution < 1.29 is 4.79 Å². The molecule has 0 radical (unpaired) electrons. The average Bonchev–Trinajstić information content (AvgIpc) is 3.01. The second-order valence-electron chi connectivity index (χ2n) is 3.99. The first-order valence-electron chi connectivity index (χ1n) is 6.68. The number of allylic oxidation sites excluding steroid dienone is 5. The molecule has 1 amide bonds. The van der Waals surface area contributed by atoms with Gasteiger partial charge in [-0.05, 0) is 40.8 Å². The Morgan fingerprint density at radius 1 is 1.40 bits per heavy atom. The summed E-state index contributed by atoms with van der Waals surface area (Å²) in [6.45, 7) is 4.00. The summed E-state index contributed by atoms with van der Waals surface area (Å²) in [6.07, 6.45) is 9.25. The van der Waals surface area contributed by atoms with Crippen molar-refractivity contribution in [2.24, 2.45) is 5.73 Å². The highest BCUT2D eigenvalue weighted by atomic mass is 32.1. The maximum atomic E-state index is 11.1. The van der Waals surface area contributed by atoms with Crippen LogP contribution in [0.5, 0.6) is 0 Å². The molecule has 2 rings (SSSR count). The summed E-state index contributed by atoms with van der Waals surface area (Å²) in [5.41, 5.74) is 7.87. The number of hydrogen-bond donors (Lipinski definition) is 2. The number of amides is 1. The standard InChI is InChI=1S/C14H14N2OS.C2H6/c15-13(17)8-12(11-6-7-18-9-11)14(16)10-4-2-1-3-5-10;1-2/h2,4-9,16H,1,3H2,(H2,15,17);1-2H3/b12-8-,16-14?;. The van der Waals surface area contributed by atoms with Gasteiger partial charge in [-0.1, -0.05) is 32.1 Å². The van der Waals surface area contributed by atoms with Crippen molar-refractivity contribution in [1.82, 2.24) is 0 Å². The molecular weight excluding hydrogens is 268 g/mol. The van der Waals surface area contributed by atoms with E-state index in [2.05, 4.69) is 0 Å². The van der Waals surface area contributed by atoms with Gasteiger partial charge in [0, 0.05) is 11.6 Å². The zero-order valence-corrected chi connectivity index (χ0v) is 12.7. The zero-order valence-electron chi connectivity index (χ0n) is 11.8. The summed E-state index contributed by atoms with van der Waals surface area (Å²) in [5, 5.41) is 12.1. The lowest BCUT2D eigenvalue weighted by Gasteiger charge is -2.11. The molecule has 20 heavy (non-hydrogen) atoms. The predicted octanol–water partition coefficient (Wildman–Crippen LogP) is 3.94. The van der Waals surface area contributed by atoms with E-state index in [1.165, 1.54) is 17.4 Å². The van der Waals surface area contributed by atoms with Gasteiger partial charge in [-0.3, -0.25) is 10.2 Å². The molecule has 4 heteroatoms. The normalized spacial score (nSPS) is 14.1. The number of primary amides is 1. The molecule has 0 fully saturated rings. The maximum Gasteiger partial charge on any atom is 0.242 e. The van der Waals surface area contributed by atoms with E-state index in [0.717, 1.165) is 24.0 Å². The Bertz CT molecular complexity index is 551. The Labute approximate surface area is 124 Å². The van der Waals surface area contributed by atoms with Crippen molar-refractivity contribution in [3.8, 4) is 0 Å². The summed E-state index contributed by atoms with van der Waals surface area (Å²) in [4.78, 5) is 11.1. The van der Waals surface area contributed by atoms with Gasteiger partial charge in [-0.25, -0.2) is 0 Å². The largest absolute Gasteiger partial charge is 0.366 e. The molecule has 0 saturated carbocycles. The van der Waals surface area contributed by atoms with E-state index in [0.29, 0.717) is 11.3 Å². The van der Waals surface area contributed by atoms with Crippen LogP contribution in [0.15, 0.2) is 46.7 Å². The molecule has 0 bridgehead atoms. The number of nitrogens with two attached hydrogens (primary N) is 1. The molecule has 1 aromatic rings. The molecule has 3 N–H and O–H groups in total. The van der Waals surface area contributed by atoms with Crippen LogP contribution in [-0.2, 0) is 4.79 Å². The second-order valence-corrected chi connectivity index (χ2v) is 4.77. The van der Waals surface area contributed by atoms with Crippen LogP contribution < -0.4 is 5.73 Å². The van der Waals surface area contributed by atoms with Gasteiger partial charge in [-0.15, -0.1) is 0 Å². The third-order valence-electron chi connectivity index (χ3n) is 2.67. The van der Waals surface area contributed by atoms with Crippen LogP contribution in [0.25, 0.3) is 5.57 Å². The molecule has 106 valence electrons. The highest BCUT2D eigenvalue weighted by molar-refractivity contribution is 7.08. The molecule has 1 aliphatic rings. The summed E-state index contributed by atoms with van der Waals surface area (Å²) in [7, 11) is 0. The first-order chi connectivity index (χ1) is 9.68. The van der Waals surface area contributed by atoms with Crippen LogP contribution in [0.1, 0.15) is 32.3 Å². The summed E-state index contributed by atoms with van der Waals surface area (Å²) in [5.74, 6) is -0.527. The van der Waals surface area contributed by atoms with Crippen molar-refractivity contribution >= 4 is 28.5 Å². The molecule has 1 aromatic heterocycles. The van der Waals surface area contributed by atoms with Crippen molar-refractivity contribution in [2.45, 2.75) is 26.7 Å². The van der Waals surface area contributed by atoms with Crippen LogP contribution in [0, 0.1) is 5.41 Å². The van der Waals surface area contributed by atoms with Crippen LogP contribution >= 0.6 is 11.3 Å². The van der Waals surface area contributed by atoms with E-state index in [-0.39, 0.29) is 0 Å². The summed E-state index contributed by atoms with van der Waals surface area (Å²) >= 11 is 1.53. The lowest BCUT2D eigenvalue weighted by Crippen LogP contribution is -2.11. The Kier molecular flexibility index (Phi) is 6.67. The average molecular weight is 288 g/mol. The summed E-state index contributed by atoms with van der Waals surface area (Å²) in [6, 6.07) is 1.89. The molecule has 0 aromatic carbocycles. The number of nitrogens with one attached hydrogen (secondary N) is 1. The van der Waals surface area contributed by atoms with Crippen molar-refractivity contribution in [2.75, 3.05) is 0 Å². The first kappa shape index (κ1) is 16.1. The molecule has 0 atom stereocenters. The van der Waals surface area contributed by atoms with Gasteiger partial charge in [0.25, 0.3) is 0 Å². The molecule has 1 heterocycles. The molecule has 0 unspecified atom stereocenters. The van der Waals surface area contributed by atoms with Gasteiger partial charge >= 0.3 is 0 Å². The Balaban J connectivity index is 0.000000956. The van der Waals surface area contributed by atoms with E-state index < -0.39 is 5.91 Å². The highest BCUT2D eigenvalue weighted by Crippen LogP contribution is 2.24. The topological polar surface area (TPSA) is 66.9 Å². The molecule has 0 spiro atoms. The van der Waals surface area contributed by atoms with Crippen LogP contribution in [0.3, 0.4) is 0 Å². The minimum Gasteiger partial charge on any atom is -0.366 e. The van der Waals surface area contributed by atoms with Crippen LogP contribution in [0.4, 0.5) is 0 Å². The summed E-state index contributed by atoms with van der Waals surface area (Å²) < 4.78 is 0. The fraction of sp³-hybridized carbons (Fsp3) is 0.250. The van der Waals surface area contributed by atoms with Crippen molar-refractivity contribution in [3.63, 3.8) is 0 Å². The minimum absolute atomic E-state index is 0.350. The quantitative estimate of drug-likeness (QED) is 0.639. The smallest absolute Gasteiger partial charge is 0.242 e. The van der Waals surface area contributed by atoms with E-state index in [9.17, 15) is 4.79 Å². The zero-order chi connectivity index (χ0) is 15.0. The van der Waals surface area contributed by atoms with Crippen LogP contribution in [0.2, 0.25) is 0 Å². The fourth-order valence-electron chi connectivity index (χ4n) is 1.81. The minimum atomic E-state index is -0.527. The Hall–Kier alpha value is -1.94. The second kappa shape index (κ2) is 8.27. The SMILES string of the molecule is CC.N=C(C1=CCCC=C1)/C(=C\C(N)=O)c1ccsc1. The number of carbonyl (C=O) groups is 1. The van der Waals surface area contributed by atoms with Crippen LogP contribution in [-0.4, -0.2) is 11.6 Å². The first-order valence-corrected chi connectivity index (χ1v) is 7.62. The third-order valence-corrected chi connectivity index (χ3v) is 3.36. The van der Waals surface area contributed by atoms with Gasteiger partial charge in [0.1, 0.15) is 0 Å². The van der Waals surface area contributed by atoms with E-state index in [1.54, 1.807) is 0 Å². The number of thiophene rings is 1. The molecule has 0 saturated heterocycles. The highest BCUT2D eigenvalue weighted by Gasteiger charge is 2.13. The number of carbonyl (C=O) groups excluding carboxylic acids is 1. The molecule has 1 aliphatic carbocycles. The van der Waals surface area contributed by atoms with Gasteiger partial charge < -0.3 is 5.73 Å². The van der Waals surface area contributed by atoms with Gasteiger partial charge in [0.2, 0.25) is 5.91 Å². The fourth-order valence-corrected chi connectivity index (χ4v) is 2.47. The lowest BCUT2D eigenvalue weighted by molar-refractivity contribution is -0.113. The van der Waals surface area contributed by atoms with E-state index in [4.69, 9.17) is 11.1 Å². The van der Waals surface area contributed by atoms with Gasteiger partial charge in [0.05, 0.1) is 5.71 Å². The van der Waals surface area contributed by atoms with Crippen molar-refractivity contribution in [1.29, 1.82) is 5.41 Å². The Morgan fingerprint density at radius 2 is 2.15 bits per heavy atom. The molecular formula is C16H20N2OS. The Morgan fingerprint density at radius 3 is 2.65 bits per heavy atom. The number of rotatable bonds is 4. The predicted molar refractivity (Wildman–Crippen MR) is 87.0 cm³/mol. The number of hydrogen-bond acceptors (Lipinski definition) is 3. The third kappa shape index (κ3) is 4.31. The molecule has 0 aliphatic heterocycles.